The maximum atomic E-state index is 11.7. The van der Waals surface area contributed by atoms with E-state index >= 15 is 0 Å². The molecular weight excluding hydrogens is 358 g/mol. The molecule has 1 heterocycles. The second kappa shape index (κ2) is 7.96. The first kappa shape index (κ1) is 19.2. The molecule has 1 aliphatic rings. The molecule has 144 valence electrons. The molecule has 0 bridgehead atoms. The molecule has 28 heavy (non-hydrogen) atoms. The van der Waals surface area contributed by atoms with Crippen molar-refractivity contribution in [2.45, 2.75) is 13.8 Å². The first-order valence-corrected chi connectivity index (χ1v) is 8.99. The lowest BCUT2D eigenvalue weighted by Crippen LogP contribution is -2.51. The molecule has 4 amide bonds. The van der Waals surface area contributed by atoms with Crippen molar-refractivity contribution in [1.82, 2.24) is 10.6 Å². The van der Waals surface area contributed by atoms with E-state index in [9.17, 15) is 19.5 Å². The van der Waals surface area contributed by atoms with Crippen molar-refractivity contribution in [2.24, 2.45) is 0 Å². The summed E-state index contributed by atoms with van der Waals surface area (Å²) >= 11 is 0. The third-order valence-corrected chi connectivity index (χ3v) is 4.58. The summed E-state index contributed by atoms with van der Waals surface area (Å²) in [5, 5.41) is 16.2. The number of aromatic hydroxyl groups is 1. The van der Waals surface area contributed by atoms with E-state index in [2.05, 4.69) is 24.8 Å². The lowest BCUT2D eigenvalue weighted by Gasteiger charge is -2.21. The second-order valence-corrected chi connectivity index (χ2v) is 6.29. The highest BCUT2D eigenvalue weighted by Gasteiger charge is 2.26. The van der Waals surface area contributed by atoms with Gasteiger partial charge in [-0.25, -0.2) is 4.79 Å². The van der Waals surface area contributed by atoms with Crippen LogP contribution in [0.25, 0.3) is 16.8 Å². The topological polar surface area (TPSA) is 98.7 Å². The van der Waals surface area contributed by atoms with Gasteiger partial charge in [0.1, 0.15) is 11.3 Å². The highest BCUT2D eigenvalue weighted by atomic mass is 16.3. The molecule has 0 unspecified atom stereocenters. The number of carbonyl (C=O) groups is 3. The summed E-state index contributed by atoms with van der Waals surface area (Å²) in [4.78, 5) is 36.7. The number of hydrogen-bond acceptors (Lipinski definition) is 5. The van der Waals surface area contributed by atoms with E-state index in [0.29, 0.717) is 5.56 Å². The maximum Gasteiger partial charge on any atom is 0.328 e. The summed E-state index contributed by atoms with van der Waals surface area (Å²) in [6.45, 7) is 5.98. The van der Waals surface area contributed by atoms with Gasteiger partial charge in [0.05, 0.1) is 0 Å². The van der Waals surface area contributed by atoms with E-state index in [1.54, 1.807) is 12.1 Å². The van der Waals surface area contributed by atoms with Gasteiger partial charge in [-0.3, -0.25) is 20.2 Å². The van der Waals surface area contributed by atoms with Crippen LogP contribution in [0.15, 0.2) is 48.1 Å². The van der Waals surface area contributed by atoms with Crippen LogP contribution >= 0.6 is 0 Å². The first-order chi connectivity index (χ1) is 13.4. The number of fused-ring (bicyclic) bond motifs is 1. The second-order valence-electron chi connectivity index (χ2n) is 6.29. The smallest absolute Gasteiger partial charge is 0.328 e. The Morgan fingerprint density at radius 3 is 2.29 bits per heavy atom. The number of anilines is 1. The van der Waals surface area contributed by atoms with Crippen molar-refractivity contribution in [2.75, 3.05) is 18.0 Å². The van der Waals surface area contributed by atoms with E-state index in [4.69, 9.17) is 0 Å². The van der Waals surface area contributed by atoms with Gasteiger partial charge in [0, 0.05) is 24.3 Å². The van der Waals surface area contributed by atoms with Gasteiger partial charge < -0.3 is 10.0 Å². The first-order valence-electron chi connectivity index (χ1n) is 8.99. The van der Waals surface area contributed by atoms with Crippen LogP contribution in [0.3, 0.4) is 0 Å². The summed E-state index contributed by atoms with van der Waals surface area (Å²) in [5.41, 5.74) is 1.47. The van der Waals surface area contributed by atoms with Gasteiger partial charge in [0.2, 0.25) is 0 Å². The Kier molecular flexibility index (Phi) is 5.44. The average molecular weight is 379 g/mol. The van der Waals surface area contributed by atoms with Crippen molar-refractivity contribution in [3.05, 3.63) is 53.6 Å². The molecular formula is C21H21N3O4. The number of hydrogen-bond donors (Lipinski definition) is 3. The Labute approximate surface area is 162 Å². The van der Waals surface area contributed by atoms with Crippen LogP contribution in [0.1, 0.15) is 19.4 Å². The lowest BCUT2D eigenvalue weighted by atomic mass is 10.0. The van der Waals surface area contributed by atoms with Crippen molar-refractivity contribution in [3.63, 3.8) is 0 Å². The summed E-state index contributed by atoms with van der Waals surface area (Å²) in [6, 6.07) is 8.73. The minimum Gasteiger partial charge on any atom is -0.507 e. The Morgan fingerprint density at radius 2 is 1.64 bits per heavy atom. The van der Waals surface area contributed by atoms with E-state index in [1.807, 2.05) is 28.8 Å². The number of imide groups is 2. The predicted octanol–water partition coefficient (Wildman–Crippen LogP) is 2.70. The number of carbonyl (C=O) groups excluding carboxylic acids is 3. The van der Waals surface area contributed by atoms with E-state index in [1.165, 1.54) is 12.2 Å². The molecule has 0 saturated carbocycles. The Hall–Kier alpha value is -3.61. The van der Waals surface area contributed by atoms with Gasteiger partial charge in [0.15, 0.2) is 0 Å². The average Bonchev–Trinajstić information content (AvgIpc) is 2.65. The SMILES string of the molecule is CCN(CC)c1ccc2cc(O)c(/C=C/C=C3C(=O)NC(=O)NC3=O)cc2c1. The number of nitrogens with zero attached hydrogens (tertiary/aromatic N) is 1. The zero-order valence-electron chi connectivity index (χ0n) is 15.7. The van der Waals surface area contributed by atoms with Gasteiger partial charge in [-0.05, 0) is 55.0 Å². The van der Waals surface area contributed by atoms with Gasteiger partial charge >= 0.3 is 6.03 Å². The van der Waals surface area contributed by atoms with Crippen LogP contribution in [0.2, 0.25) is 0 Å². The predicted molar refractivity (Wildman–Crippen MR) is 108 cm³/mol. The number of phenols is 1. The quantitative estimate of drug-likeness (QED) is 0.548. The number of benzene rings is 2. The summed E-state index contributed by atoms with van der Waals surface area (Å²) in [6.07, 6.45) is 4.38. The monoisotopic (exact) mass is 379 g/mol. The van der Waals surface area contributed by atoms with Crippen LogP contribution < -0.4 is 15.5 Å². The molecule has 0 aliphatic carbocycles. The Bertz CT molecular complexity index is 998. The molecule has 0 atom stereocenters. The molecule has 7 nitrogen and oxygen atoms in total. The van der Waals surface area contributed by atoms with Crippen molar-refractivity contribution < 1.29 is 19.5 Å². The van der Waals surface area contributed by atoms with Gasteiger partial charge in [-0.2, -0.15) is 0 Å². The fourth-order valence-electron chi connectivity index (χ4n) is 3.08. The molecule has 2 aromatic rings. The number of amides is 4. The van der Waals surface area contributed by atoms with Crippen LogP contribution in [0.5, 0.6) is 5.75 Å². The highest BCUT2D eigenvalue weighted by Crippen LogP contribution is 2.29. The summed E-state index contributed by atoms with van der Waals surface area (Å²) in [5.74, 6) is -1.43. The zero-order valence-corrected chi connectivity index (χ0v) is 15.7. The molecule has 0 spiro atoms. The molecule has 1 saturated heterocycles. The standard InChI is InChI=1S/C21H21N3O4/c1-3-24(4-2)16-9-8-13-12-18(25)14(10-15(13)11-16)6-5-7-17-19(26)22-21(28)23-20(17)27/h5-12,25H,3-4H2,1-2H3,(H2,22,23,26,27,28)/b6-5+. The van der Waals surface area contributed by atoms with Gasteiger partial charge in [-0.15, -0.1) is 0 Å². The van der Waals surface area contributed by atoms with E-state index < -0.39 is 17.8 Å². The van der Waals surface area contributed by atoms with Crippen LogP contribution in [0, 0.1) is 0 Å². The molecule has 7 heteroatoms. The minimum atomic E-state index is -0.840. The molecule has 3 N–H and O–H groups in total. The highest BCUT2D eigenvalue weighted by molar-refractivity contribution is 6.29. The third-order valence-electron chi connectivity index (χ3n) is 4.58. The number of barbiturate groups is 1. The Morgan fingerprint density at radius 1 is 0.964 bits per heavy atom. The molecule has 1 aliphatic heterocycles. The zero-order chi connectivity index (χ0) is 20.3. The largest absolute Gasteiger partial charge is 0.507 e. The minimum absolute atomic E-state index is 0.0884. The number of nitrogens with one attached hydrogen (secondary N) is 2. The third kappa shape index (κ3) is 3.88. The fraction of sp³-hybridized carbons (Fsp3) is 0.190. The van der Waals surface area contributed by atoms with Crippen LogP contribution in [-0.4, -0.2) is 36.0 Å². The molecule has 1 fully saturated rings. The summed E-state index contributed by atoms with van der Waals surface area (Å²) < 4.78 is 0. The molecule has 0 aromatic heterocycles. The Balaban J connectivity index is 1.92. The number of rotatable bonds is 5. The number of allylic oxidation sites excluding steroid dienone is 2. The number of urea groups is 1. The normalized spacial score (nSPS) is 14.4. The fourth-order valence-corrected chi connectivity index (χ4v) is 3.08. The molecule has 3 rings (SSSR count). The van der Waals surface area contributed by atoms with E-state index in [0.717, 1.165) is 29.5 Å². The number of phenolic OH excluding ortho intramolecular Hbond substituents is 1. The lowest BCUT2D eigenvalue weighted by molar-refractivity contribution is -0.124. The summed E-state index contributed by atoms with van der Waals surface area (Å²) in [7, 11) is 0. The maximum absolute atomic E-state index is 11.7. The van der Waals surface area contributed by atoms with Crippen molar-refractivity contribution >= 4 is 40.4 Å². The van der Waals surface area contributed by atoms with Gasteiger partial charge in [-0.1, -0.05) is 18.2 Å². The van der Waals surface area contributed by atoms with E-state index in [-0.39, 0.29) is 11.3 Å². The van der Waals surface area contributed by atoms with Crippen molar-refractivity contribution in [1.29, 1.82) is 0 Å². The van der Waals surface area contributed by atoms with Crippen LogP contribution in [0.4, 0.5) is 10.5 Å². The van der Waals surface area contributed by atoms with Gasteiger partial charge in [0.25, 0.3) is 11.8 Å². The van der Waals surface area contributed by atoms with Crippen molar-refractivity contribution in [3.8, 4) is 5.75 Å². The molecule has 0 radical (unpaired) electrons. The molecule has 2 aromatic carbocycles. The van der Waals surface area contributed by atoms with Crippen LogP contribution in [-0.2, 0) is 9.59 Å².